The minimum absolute atomic E-state index is 0.0353. The van der Waals surface area contributed by atoms with Gasteiger partial charge in [-0.05, 0) is 77.0 Å². The Bertz CT molecular complexity index is 796. The Morgan fingerprint density at radius 2 is 0.977 bits per heavy atom. The van der Waals surface area contributed by atoms with Crippen LogP contribution in [-0.4, -0.2) is 30.5 Å². The molecule has 0 amide bonds. The highest BCUT2D eigenvalue weighted by Gasteiger charge is 2.16. The molecule has 0 saturated heterocycles. The molecule has 0 aromatic rings. The molecule has 4 nitrogen and oxygen atoms in total. The van der Waals surface area contributed by atoms with E-state index in [1.54, 1.807) is 0 Å². The van der Waals surface area contributed by atoms with Crippen molar-refractivity contribution in [1.82, 2.24) is 0 Å². The lowest BCUT2D eigenvalue weighted by molar-refractivity contribution is -0.157. The number of carbonyl (C=O) groups excluding carboxylic acids is 2. The Balaban J connectivity index is 3.65. The Morgan fingerprint density at radius 1 is 0.545 bits per heavy atom. The number of unbranched alkanes of at least 4 members (excludes halogenated alkanes) is 13. The first-order valence-corrected chi connectivity index (χ1v) is 18.3. The summed E-state index contributed by atoms with van der Waals surface area (Å²) in [6.07, 6.45) is 44.8. The molecule has 1 unspecified atom stereocenters. The van der Waals surface area contributed by atoms with Gasteiger partial charge in [-0.2, -0.15) is 0 Å². The van der Waals surface area contributed by atoms with Gasteiger partial charge in [0.05, 0.1) is 5.88 Å². The first-order chi connectivity index (χ1) is 21.6. The van der Waals surface area contributed by atoms with Crippen LogP contribution in [-0.2, 0) is 19.1 Å². The number of halogens is 1. The Labute approximate surface area is 276 Å². The standard InChI is InChI=1S/C39H65ClO4/c1-3-5-7-9-11-13-15-17-19-21-23-25-27-29-31-33-38(41)43-36-37(35-40)44-39(42)34-32-30-28-26-24-22-20-18-16-14-12-10-8-6-4-2/h6,8,11-14,17-20,37H,3-5,7,9-10,15-16,21-36H2,1-2H3. The summed E-state index contributed by atoms with van der Waals surface area (Å²) in [6, 6.07) is 0. The highest BCUT2D eigenvalue weighted by Crippen LogP contribution is 2.11. The van der Waals surface area contributed by atoms with Gasteiger partial charge in [0, 0.05) is 12.8 Å². The molecule has 44 heavy (non-hydrogen) atoms. The predicted molar refractivity (Wildman–Crippen MR) is 190 cm³/mol. The zero-order valence-corrected chi connectivity index (χ0v) is 29.1. The fraction of sp³-hybridized carbons (Fsp3) is 0.692. The van der Waals surface area contributed by atoms with Crippen LogP contribution in [0.1, 0.15) is 155 Å². The molecule has 0 aliphatic carbocycles. The van der Waals surface area contributed by atoms with Gasteiger partial charge in [0.2, 0.25) is 0 Å². The topological polar surface area (TPSA) is 52.6 Å². The summed E-state index contributed by atoms with van der Waals surface area (Å²) >= 11 is 5.95. The van der Waals surface area contributed by atoms with Crippen LogP contribution in [0.25, 0.3) is 0 Å². The summed E-state index contributed by atoms with van der Waals surface area (Å²) in [5.41, 5.74) is 0. The molecule has 0 fully saturated rings. The molecule has 252 valence electrons. The van der Waals surface area contributed by atoms with Gasteiger partial charge < -0.3 is 9.47 Å². The normalized spacial score (nSPS) is 12.9. The summed E-state index contributed by atoms with van der Waals surface area (Å²) in [5, 5.41) is 0. The molecular weight excluding hydrogens is 568 g/mol. The molecule has 0 saturated carbocycles. The lowest BCUT2D eigenvalue weighted by Gasteiger charge is -2.15. The SMILES string of the molecule is CCC=CCC=CCC=CCCCCCCCC(=O)OC(CCl)COC(=O)CCCCCCCC=CCC=CCCCCC. The van der Waals surface area contributed by atoms with Crippen LogP contribution in [0.3, 0.4) is 0 Å². The van der Waals surface area contributed by atoms with Crippen molar-refractivity contribution in [3.63, 3.8) is 0 Å². The molecule has 0 radical (unpaired) electrons. The van der Waals surface area contributed by atoms with E-state index in [0.29, 0.717) is 12.8 Å². The van der Waals surface area contributed by atoms with Crippen LogP contribution >= 0.6 is 11.6 Å². The van der Waals surface area contributed by atoms with Crippen LogP contribution in [0.2, 0.25) is 0 Å². The molecular formula is C39H65ClO4. The molecule has 0 rings (SSSR count). The van der Waals surface area contributed by atoms with Gasteiger partial charge in [-0.3, -0.25) is 9.59 Å². The number of esters is 2. The predicted octanol–water partition coefficient (Wildman–Crippen LogP) is 12.1. The highest BCUT2D eigenvalue weighted by atomic mass is 35.5. The maximum absolute atomic E-state index is 12.2. The molecule has 0 N–H and O–H groups in total. The molecule has 0 aromatic carbocycles. The first kappa shape index (κ1) is 41.9. The maximum Gasteiger partial charge on any atom is 0.306 e. The van der Waals surface area contributed by atoms with E-state index in [2.05, 4.69) is 74.6 Å². The molecule has 0 aliphatic rings. The van der Waals surface area contributed by atoms with Crippen molar-refractivity contribution in [2.24, 2.45) is 0 Å². The van der Waals surface area contributed by atoms with E-state index in [4.69, 9.17) is 21.1 Å². The lowest BCUT2D eigenvalue weighted by atomic mass is 10.1. The van der Waals surface area contributed by atoms with E-state index in [1.807, 2.05) is 0 Å². The first-order valence-electron chi connectivity index (χ1n) is 17.8. The van der Waals surface area contributed by atoms with Crippen LogP contribution < -0.4 is 0 Å². The second kappa shape index (κ2) is 35.4. The fourth-order valence-corrected chi connectivity index (χ4v) is 4.73. The lowest BCUT2D eigenvalue weighted by Crippen LogP contribution is -2.26. The van der Waals surface area contributed by atoms with Crippen molar-refractivity contribution in [3.05, 3.63) is 60.8 Å². The molecule has 0 spiro atoms. The highest BCUT2D eigenvalue weighted by molar-refractivity contribution is 6.18. The van der Waals surface area contributed by atoms with Crippen LogP contribution in [0.4, 0.5) is 0 Å². The third-order valence-electron chi connectivity index (χ3n) is 7.26. The number of ether oxygens (including phenoxy) is 2. The van der Waals surface area contributed by atoms with Crippen molar-refractivity contribution < 1.29 is 19.1 Å². The Hall–Kier alpha value is -2.07. The number of alkyl halides is 1. The molecule has 1 atom stereocenters. The van der Waals surface area contributed by atoms with E-state index < -0.39 is 6.10 Å². The monoisotopic (exact) mass is 632 g/mol. The summed E-state index contributed by atoms with van der Waals surface area (Å²) < 4.78 is 10.7. The Kier molecular flexibility index (Phi) is 33.7. The minimum Gasteiger partial charge on any atom is -0.462 e. The maximum atomic E-state index is 12.2. The van der Waals surface area contributed by atoms with E-state index in [1.165, 1.54) is 51.4 Å². The van der Waals surface area contributed by atoms with Crippen LogP contribution in [0.5, 0.6) is 0 Å². The molecule has 0 aliphatic heterocycles. The fourth-order valence-electron chi connectivity index (χ4n) is 4.58. The summed E-state index contributed by atoms with van der Waals surface area (Å²) in [5.74, 6) is -0.378. The van der Waals surface area contributed by atoms with Gasteiger partial charge in [0.15, 0.2) is 0 Å². The summed E-state index contributed by atoms with van der Waals surface area (Å²) in [4.78, 5) is 24.3. The van der Waals surface area contributed by atoms with Crippen molar-refractivity contribution in [1.29, 1.82) is 0 Å². The molecule has 0 bridgehead atoms. The zero-order valence-electron chi connectivity index (χ0n) is 28.3. The van der Waals surface area contributed by atoms with E-state index in [-0.39, 0.29) is 24.4 Å². The number of hydrogen-bond acceptors (Lipinski definition) is 4. The average Bonchev–Trinajstić information content (AvgIpc) is 3.02. The van der Waals surface area contributed by atoms with Crippen molar-refractivity contribution in [2.45, 2.75) is 161 Å². The quantitative estimate of drug-likeness (QED) is 0.0330. The average molecular weight is 633 g/mol. The zero-order chi connectivity index (χ0) is 32.2. The smallest absolute Gasteiger partial charge is 0.306 e. The van der Waals surface area contributed by atoms with Crippen molar-refractivity contribution in [2.75, 3.05) is 12.5 Å². The van der Waals surface area contributed by atoms with E-state index in [9.17, 15) is 9.59 Å². The second-order valence-electron chi connectivity index (χ2n) is 11.5. The largest absolute Gasteiger partial charge is 0.462 e. The minimum atomic E-state index is -0.577. The number of allylic oxidation sites excluding steroid dienone is 10. The Morgan fingerprint density at radius 3 is 1.48 bits per heavy atom. The summed E-state index contributed by atoms with van der Waals surface area (Å²) in [7, 11) is 0. The number of carbonyl (C=O) groups is 2. The number of rotatable bonds is 31. The van der Waals surface area contributed by atoms with Crippen molar-refractivity contribution >= 4 is 23.5 Å². The van der Waals surface area contributed by atoms with Gasteiger partial charge in [-0.15, -0.1) is 11.6 Å². The van der Waals surface area contributed by atoms with Gasteiger partial charge in [0.25, 0.3) is 0 Å². The summed E-state index contributed by atoms with van der Waals surface area (Å²) in [6.45, 7) is 4.42. The second-order valence-corrected chi connectivity index (χ2v) is 11.8. The molecule has 0 heterocycles. The van der Waals surface area contributed by atoms with Crippen LogP contribution in [0, 0.1) is 0 Å². The van der Waals surface area contributed by atoms with Gasteiger partial charge in [-0.1, -0.05) is 126 Å². The van der Waals surface area contributed by atoms with Gasteiger partial charge in [-0.25, -0.2) is 0 Å². The van der Waals surface area contributed by atoms with E-state index >= 15 is 0 Å². The van der Waals surface area contributed by atoms with Gasteiger partial charge in [0.1, 0.15) is 12.7 Å². The van der Waals surface area contributed by atoms with Gasteiger partial charge >= 0.3 is 11.9 Å². The third-order valence-corrected chi connectivity index (χ3v) is 7.61. The third kappa shape index (κ3) is 32.8. The molecule has 0 aromatic heterocycles. The number of hydrogen-bond donors (Lipinski definition) is 0. The van der Waals surface area contributed by atoms with E-state index in [0.717, 1.165) is 77.0 Å². The van der Waals surface area contributed by atoms with Crippen LogP contribution in [0.15, 0.2) is 60.8 Å². The van der Waals surface area contributed by atoms with Crippen molar-refractivity contribution in [3.8, 4) is 0 Å². The molecule has 5 heteroatoms.